The molecule has 1 aromatic carbocycles. The van der Waals surface area contributed by atoms with Crippen LogP contribution in [0.25, 0.3) is 0 Å². The average Bonchev–Trinajstić information content (AvgIpc) is 2.27. The molecule has 0 aliphatic heterocycles. The Balaban J connectivity index is 2.37. The highest BCUT2D eigenvalue weighted by Crippen LogP contribution is 2.20. The number of aromatic carboxylic acids is 1. The number of nitrogens with zero attached hydrogens (tertiary/aromatic N) is 1. The molecule has 0 unspecified atom stereocenters. The van der Waals surface area contributed by atoms with Gasteiger partial charge in [-0.15, -0.1) is 0 Å². The van der Waals surface area contributed by atoms with Gasteiger partial charge >= 0.3 is 5.97 Å². The van der Waals surface area contributed by atoms with Crippen LogP contribution >= 0.6 is 0 Å². The molecular formula is C13H11FN2O2. The van der Waals surface area contributed by atoms with E-state index in [2.05, 4.69) is 10.3 Å². The van der Waals surface area contributed by atoms with Gasteiger partial charge in [-0.05, 0) is 42.8 Å². The van der Waals surface area contributed by atoms with Crippen LogP contribution in [0.3, 0.4) is 0 Å². The van der Waals surface area contributed by atoms with Crippen LogP contribution in [0.1, 0.15) is 15.9 Å². The number of rotatable bonds is 3. The molecule has 92 valence electrons. The van der Waals surface area contributed by atoms with Crippen molar-refractivity contribution in [2.24, 2.45) is 0 Å². The summed E-state index contributed by atoms with van der Waals surface area (Å²) in [7, 11) is 0. The Hall–Kier alpha value is -2.43. The van der Waals surface area contributed by atoms with Gasteiger partial charge in [0, 0.05) is 11.9 Å². The highest BCUT2D eigenvalue weighted by molar-refractivity contribution is 5.93. The largest absolute Gasteiger partial charge is 0.478 e. The van der Waals surface area contributed by atoms with Crippen LogP contribution in [0.4, 0.5) is 15.9 Å². The number of carbonyl (C=O) groups is 1. The summed E-state index contributed by atoms with van der Waals surface area (Å²) in [6.45, 7) is 1.75. The van der Waals surface area contributed by atoms with Crippen molar-refractivity contribution in [3.8, 4) is 0 Å². The quantitative estimate of drug-likeness (QED) is 0.874. The fraction of sp³-hybridized carbons (Fsp3) is 0.0769. The molecule has 0 saturated heterocycles. The van der Waals surface area contributed by atoms with Crippen LogP contribution in [0, 0.1) is 12.7 Å². The average molecular weight is 246 g/mol. The number of hydrogen-bond donors (Lipinski definition) is 2. The Kier molecular flexibility index (Phi) is 3.23. The molecule has 0 saturated carbocycles. The fourth-order valence-electron chi connectivity index (χ4n) is 1.62. The van der Waals surface area contributed by atoms with E-state index in [4.69, 9.17) is 5.11 Å². The third-order valence-electron chi connectivity index (χ3n) is 2.34. The molecule has 18 heavy (non-hydrogen) atoms. The van der Waals surface area contributed by atoms with Crippen LogP contribution in [0.2, 0.25) is 0 Å². The zero-order valence-electron chi connectivity index (χ0n) is 9.64. The fourth-order valence-corrected chi connectivity index (χ4v) is 1.62. The molecule has 1 heterocycles. The van der Waals surface area contributed by atoms with Crippen molar-refractivity contribution in [2.75, 3.05) is 5.32 Å². The lowest BCUT2D eigenvalue weighted by atomic mass is 10.2. The van der Waals surface area contributed by atoms with E-state index in [0.29, 0.717) is 5.69 Å². The van der Waals surface area contributed by atoms with Gasteiger partial charge in [0.2, 0.25) is 0 Å². The zero-order valence-corrected chi connectivity index (χ0v) is 9.64. The third-order valence-corrected chi connectivity index (χ3v) is 2.34. The molecule has 0 bridgehead atoms. The van der Waals surface area contributed by atoms with Gasteiger partial charge in [0.15, 0.2) is 0 Å². The highest BCUT2D eigenvalue weighted by Gasteiger charge is 2.10. The maximum Gasteiger partial charge on any atom is 0.339 e. The second-order valence-electron chi connectivity index (χ2n) is 3.85. The molecule has 0 radical (unpaired) electrons. The van der Waals surface area contributed by atoms with Crippen LogP contribution in [-0.2, 0) is 0 Å². The molecule has 4 nitrogen and oxygen atoms in total. The summed E-state index contributed by atoms with van der Waals surface area (Å²) in [4.78, 5) is 14.9. The Morgan fingerprint density at radius 3 is 2.83 bits per heavy atom. The van der Waals surface area contributed by atoms with Crippen molar-refractivity contribution < 1.29 is 14.3 Å². The van der Waals surface area contributed by atoms with Crippen molar-refractivity contribution in [2.45, 2.75) is 6.92 Å². The number of carboxylic acid groups (broad SMARTS) is 1. The van der Waals surface area contributed by atoms with E-state index in [-0.39, 0.29) is 17.2 Å². The maximum atomic E-state index is 13.2. The first-order valence-electron chi connectivity index (χ1n) is 5.29. The Morgan fingerprint density at radius 2 is 2.17 bits per heavy atom. The van der Waals surface area contributed by atoms with Gasteiger partial charge in [-0.3, -0.25) is 0 Å². The molecular weight excluding hydrogens is 235 g/mol. The number of anilines is 2. The standard InChI is InChI=1S/C13H11FN2O2/c1-8-5-9(14)7-10(6-8)16-12-11(13(17)18)3-2-4-15-12/h2-7H,1H3,(H,15,16)(H,17,18). The van der Waals surface area contributed by atoms with Gasteiger partial charge in [0.05, 0.1) is 0 Å². The molecule has 0 spiro atoms. The summed E-state index contributed by atoms with van der Waals surface area (Å²) < 4.78 is 13.2. The molecule has 1 aromatic heterocycles. The normalized spacial score (nSPS) is 10.1. The molecule has 0 fully saturated rings. The molecule has 0 aliphatic rings. The first-order chi connectivity index (χ1) is 8.56. The molecule has 5 heteroatoms. The van der Waals surface area contributed by atoms with E-state index in [9.17, 15) is 9.18 Å². The van der Waals surface area contributed by atoms with Crippen molar-refractivity contribution in [3.63, 3.8) is 0 Å². The molecule has 0 amide bonds. The third kappa shape index (κ3) is 2.63. The SMILES string of the molecule is Cc1cc(F)cc(Nc2ncccc2C(=O)O)c1. The van der Waals surface area contributed by atoms with Crippen LogP contribution in [-0.4, -0.2) is 16.1 Å². The summed E-state index contributed by atoms with van der Waals surface area (Å²) in [6, 6.07) is 7.35. The minimum Gasteiger partial charge on any atom is -0.478 e. The van der Waals surface area contributed by atoms with Crippen molar-refractivity contribution in [3.05, 3.63) is 53.5 Å². The Morgan fingerprint density at radius 1 is 1.39 bits per heavy atom. The van der Waals surface area contributed by atoms with Gasteiger partial charge < -0.3 is 10.4 Å². The minimum atomic E-state index is -1.08. The minimum absolute atomic E-state index is 0.0411. The first kappa shape index (κ1) is 12.0. The number of nitrogens with one attached hydrogen (secondary N) is 1. The van der Waals surface area contributed by atoms with Crippen LogP contribution in [0.5, 0.6) is 0 Å². The topological polar surface area (TPSA) is 62.2 Å². The number of hydrogen-bond acceptors (Lipinski definition) is 3. The van der Waals surface area contributed by atoms with E-state index in [1.54, 1.807) is 13.0 Å². The Bertz CT molecular complexity index is 579. The number of pyridine rings is 1. The van der Waals surface area contributed by atoms with E-state index >= 15 is 0 Å². The summed E-state index contributed by atoms with van der Waals surface area (Å²) in [5.41, 5.74) is 1.25. The molecule has 2 N–H and O–H groups in total. The van der Waals surface area contributed by atoms with E-state index in [1.165, 1.54) is 30.5 Å². The highest BCUT2D eigenvalue weighted by atomic mass is 19.1. The molecule has 0 aliphatic carbocycles. The summed E-state index contributed by atoms with van der Waals surface area (Å²) in [6.07, 6.45) is 1.47. The van der Waals surface area contributed by atoms with E-state index in [1.807, 2.05) is 0 Å². The smallest absolute Gasteiger partial charge is 0.339 e. The second kappa shape index (κ2) is 4.83. The van der Waals surface area contributed by atoms with Crippen LogP contribution in [0.15, 0.2) is 36.5 Å². The van der Waals surface area contributed by atoms with Gasteiger partial charge in [-0.1, -0.05) is 0 Å². The number of aromatic nitrogens is 1. The lowest BCUT2D eigenvalue weighted by Gasteiger charge is -2.09. The van der Waals surface area contributed by atoms with E-state index < -0.39 is 5.97 Å². The predicted octanol–water partition coefficient (Wildman–Crippen LogP) is 2.97. The summed E-state index contributed by atoms with van der Waals surface area (Å²) >= 11 is 0. The Labute approximate surface area is 103 Å². The van der Waals surface area contributed by atoms with Crippen molar-refractivity contribution in [1.82, 2.24) is 4.98 Å². The number of benzene rings is 1. The van der Waals surface area contributed by atoms with Gasteiger partial charge in [0.1, 0.15) is 17.2 Å². The first-order valence-corrected chi connectivity index (χ1v) is 5.29. The van der Waals surface area contributed by atoms with Gasteiger partial charge in [-0.25, -0.2) is 14.2 Å². The van der Waals surface area contributed by atoms with E-state index in [0.717, 1.165) is 5.56 Å². The monoisotopic (exact) mass is 246 g/mol. The van der Waals surface area contributed by atoms with Gasteiger partial charge in [0.25, 0.3) is 0 Å². The van der Waals surface area contributed by atoms with Crippen LogP contribution < -0.4 is 5.32 Å². The summed E-state index contributed by atoms with van der Waals surface area (Å²) in [5.74, 6) is -1.28. The predicted molar refractivity (Wildman–Crippen MR) is 65.6 cm³/mol. The van der Waals surface area contributed by atoms with Crippen molar-refractivity contribution >= 4 is 17.5 Å². The maximum absolute atomic E-state index is 13.2. The molecule has 2 aromatic rings. The second-order valence-corrected chi connectivity index (χ2v) is 3.85. The lowest BCUT2D eigenvalue weighted by Crippen LogP contribution is -2.04. The lowest BCUT2D eigenvalue weighted by molar-refractivity contribution is 0.0697. The summed E-state index contributed by atoms with van der Waals surface area (Å²) in [5, 5.41) is 11.8. The molecule has 2 rings (SSSR count). The van der Waals surface area contributed by atoms with Gasteiger partial charge in [-0.2, -0.15) is 0 Å². The zero-order chi connectivity index (χ0) is 13.1. The number of halogens is 1. The number of aryl methyl sites for hydroxylation is 1. The molecule has 0 atom stereocenters. The van der Waals surface area contributed by atoms with Crippen molar-refractivity contribution in [1.29, 1.82) is 0 Å². The number of carboxylic acids is 1.